The van der Waals surface area contributed by atoms with Crippen LogP contribution in [0.4, 0.5) is 0 Å². The van der Waals surface area contributed by atoms with E-state index in [2.05, 4.69) is 53.5 Å². The van der Waals surface area contributed by atoms with Gasteiger partial charge >= 0.3 is 0 Å². The van der Waals surface area contributed by atoms with E-state index in [1.165, 1.54) is 11.1 Å². The van der Waals surface area contributed by atoms with Crippen molar-refractivity contribution in [2.45, 2.75) is 18.4 Å². The van der Waals surface area contributed by atoms with Crippen LogP contribution in [0, 0.1) is 0 Å². The average Bonchev–Trinajstić information content (AvgIpc) is 2.62. The summed E-state index contributed by atoms with van der Waals surface area (Å²) in [7, 11) is 0. The van der Waals surface area contributed by atoms with Gasteiger partial charge in [0.2, 0.25) is 0 Å². The minimum atomic E-state index is 0.00121. The van der Waals surface area contributed by atoms with Crippen LogP contribution in [0.2, 0.25) is 0 Å². The van der Waals surface area contributed by atoms with Crippen molar-refractivity contribution in [1.29, 1.82) is 0 Å². The maximum absolute atomic E-state index is 6.21. The van der Waals surface area contributed by atoms with Gasteiger partial charge in [0.1, 0.15) is 11.9 Å². The van der Waals surface area contributed by atoms with Gasteiger partial charge in [-0.25, -0.2) is 0 Å². The lowest BCUT2D eigenvalue weighted by atomic mass is 9.83. The largest absolute Gasteiger partial charge is 0.484 e. The van der Waals surface area contributed by atoms with Crippen molar-refractivity contribution in [2.75, 3.05) is 0 Å². The maximum atomic E-state index is 6.21. The predicted molar refractivity (Wildman–Crippen MR) is 87.0 cm³/mol. The van der Waals surface area contributed by atoms with Crippen LogP contribution in [-0.2, 0) is 0 Å². The van der Waals surface area contributed by atoms with Crippen LogP contribution in [0.3, 0.4) is 0 Å². The van der Waals surface area contributed by atoms with Crippen LogP contribution < -0.4 is 4.74 Å². The summed E-state index contributed by atoms with van der Waals surface area (Å²) in [6.07, 6.45) is 2.75. The Hall–Kier alpha value is -2.61. The fourth-order valence-corrected chi connectivity index (χ4v) is 3.17. The zero-order valence-corrected chi connectivity index (χ0v) is 12.2. The molecule has 3 aromatic rings. The van der Waals surface area contributed by atoms with Crippen molar-refractivity contribution in [1.82, 2.24) is 4.98 Å². The number of hydrogen-bond acceptors (Lipinski definition) is 2. The summed E-state index contributed by atoms with van der Waals surface area (Å²) in [6.45, 7) is 0. The molecule has 1 aromatic heterocycles. The third kappa shape index (κ3) is 2.37. The number of para-hydroxylation sites is 1. The van der Waals surface area contributed by atoms with E-state index in [0.717, 1.165) is 17.9 Å². The van der Waals surface area contributed by atoms with Crippen LogP contribution in [0.5, 0.6) is 5.75 Å². The van der Waals surface area contributed by atoms with Gasteiger partial charge in [0.15, 0.2) is 0 Å². The number of benzene rings is 2. The van der Waals surface area contributed by atoms with E-state index < -0.39 is 0 Å². The van der Waals surface area contributed by atoms with Gasteiger partial charge in [-0.1, -0.05) is 54.6 Å². The van der Waals surface area contributed by atoms with Crippen LogP contribution in [0.25, 0.3) is 0 Å². The highest BCUT2D eigenvalue weighted by atomic mass is 16.5. The van der Waals surface area contributed by atoms with E-state index >= 15 is 0 Å². The summed E-state index contributed by atoms with van der Waals surface area (Å²) in [6, 6.07) is 25.0. The smallest absolute Gasteiger partial charge is 0.141 e. The normalized spacial score (nSPS) is 20.0. The van der Waals surface area contributed by atoms with E-state index in [1.54, 1.807) is 0 Å². The van der Waals surface area contributed by atoms with Crippen molar-refractivity contribution in [3.8, 4) is 5.75 Å². The minimum absolute atomic E-state index is 0.00121. The Morgan fingerprint density at radius 2 is 1.59 bits per heavy atom. The standard InChI is InChI=1S/C20H17NO/c1-2-8-15(9-3-1)17-14-20(18-11-6-7-13-21-18)22-19-12-5-4-10-16(17)19/h1-13,17,20H,14H2/t17-,20-/m1/s1. The zero-order chi connectivity index (χ0) is 14.8. The Labute approximate surface area is 130 Å². The van der Waals surface area contributed by atoms with Gasteiger partial charge in [0.05, 0.1) is 5.69 Å². The van der Waals surface area contributed by atoms with Crippen molar-refractivity contribution in [2.24, 2.45) is 0 Å². The molecule has 2 aromatic carbocycles. The van der Waals surface area contributed by atoms with Crippen molar-refractivity contribution >= 4 is 0 Å². The van der Waals surface area contributed by atoms with Crippen LogP contribution >= 0.6 is 0 Å². The van der Waals surface area contributed by atoms with E-state index in [4.69, 9.17) is 4.74 Å². The Morgan fingerprint density at radius 3 is 2.41 bits per heavy atom. The topological polar surface area (TPSA) is 22.1 Å². The molecule has 0 spiro atoms. The molecule has 1 aliphatic heterocycles. The fourth-order valence-electron chi connectivity index (χ4n) is 3.17. The Kier molecular flexibility index (Phi) is 3.36. The van der Waals surface area contributed by atoms with Gasteiger partial charge in [-0.2, -0.15) is 0 Å². The molecule has 4 rings (SSSR count). The number of pyridine rings is 1. The predicted octanol–water partition coefficient (Wildman–Crippen LogP) is 4.74. The number of rotatable bonds is 2. The van der Waals surface area contributed by atoms with E-state index in [1.807, 2.05) is 30.5 Å². The van der Waals surface area contributed by atoms with Gasteiger partial charge in [-0.15, -0.1) is 0 Å². The number of nitrogens with zero attached hydrogens (tertiary/aromatic N) is 1. The summed E-state index contributed by atoms with van der Waals surface area (Å²) in [4.78, 5) is 4.48. The van der Waals surface area contributed by atoms with Crippen molar-refractivity contribution in [3.05, 3.63) is 95.8 Å². The second-order valence-electron chi connectivity index (χ2n) is 5.60. The number of fused-ring (bicyclic) bond motifs is 1. The summed E-state index contributed by atoms with van der Waals surface area (Å²) in [5.41, 5.74) is 3.60. The molecule has 0 radical (unpaired) electrons. The van der Waals surface area contributed by atoms with Crippen molar-refractivity contribution < 1.29 is 4.74 Å². The quantitative estimate of drug-likeness (QED) is 0.679. The lowest BCUT2D eigenvalue weighted by Crippen LogP contribution is -2.20. The summed E-state index contributed by atoms with van der Waals surface area (Å²) >= 11 is 0. The molecule has 0 unspecified atom stereocenters. The van der Waals surface area contributed by atoms with Gasteiger partial charge in [0.25, 0.3) is 0 Å². The molecule has 2 nitrogen and oxygen atoms in total. The lowest BCUT2D eigenvalue weighted by molar-refractivity contribution is 0.163. The van der Waals surface area contributed by atoms with E-state index in [9.17, 15) is 0 Å². The summed E-state index contributed by atoms with van der Waals surface area (Å²) < 4.78 is 6.21. The molecule has 0 bridgehead atoms. The van der Waals surface area contributed by atoms with Gasteiger partial charge in [0, 0.05) is 24.1 Å². The Bertz CT molecular complexity index is 755. The van der Waals surface area contributed by atoms with Crippen LogP contribution in [0.15, 0.2) is 79.0 Å². The first kappa shape index (κ1) is 13.1. The molecule has 108 valence electrons. The highest BCUT2D eigenvalue weighted by Gasteiger charge is 2.30. The number of aromatic nitrogens is 1. The van der Waals surface area contributed by atoms with Crippen molar-refractivity contribution in [3.63, 3.8) is 0 Å². The molecule has 2 atom stereocenters. The second-order valence-corrected chi connectivity index (χ2v) is 5.60. The molecule has 0 aliphatic carbocycles. The minimum Gasteiger partial charge on any atom is -0.484 e. The Balaban J connectivity index is 1.77. The molecule has 2 heterocycles. The number of hydrogen-bond donors (Lipinski definition) is 0. The van der Waals surface area contributed by atoms with Crippen LogP contribution in [-0.4, -0.2) is 4.98 Å². The molecule has 0 fully saturated rings. The molecular formula is C20H17NO. The molecule has 1 aliphatic rings. The molecular weight excluding hydrogens is 270 g/mol. The average molecular weight is 287 g/mol. The first-order valence-corrected chi connectivity index (χ1v) is 7.63. The molecule has 22 heavy (non-hydrogen) atoms. The lowest BCUT2D eigenvalue weighted by Gasteiger charge is -2.32. The highest BCUT2D eigenvalue weighted by molar-refractivity contribution is 5.44. The summed E-state index contributed by atoms with van der Waals surface area (Å²) in [5.74, 6) is 1.32. The van der Waals surface area contributed by atoms with Crippen LogP contribution in [0.1, 0.15) is 35.3 Å². The third-order valence-corrected chi connectivity index (χ3v) is 4.23. The van der Waals surface area contributed by atoms with E-state index in [0.29, 0.717) is 5.92 Å². The summed E-state index contributed by atoms with van der Waals surface area (Å²) in [5, 5.41) is 0. The SMILES string of the molecule is c1ccc([C@H]2C[C@H](c3ccccn3)Oc3ccccc32)cc1. The van der Waals surface area contributed by atoms with Gasteiger partial charge in [-0.05, 0) is 23.8 Å². The second kappa shape index (κ2) is 5.64. The monoisotopic (exact) mass is 287 g/mol. The third-order valence-electron chi connectivity index (χ3n) is 4.23. The number of ether oxygens (including phenoxy) is 1. The molecule has 0 saturated carbocycles. The van der Waals surface area contributed by atoms with E-state index in [-0.39, 0.29) is 6.10 Å². The fraction of sp³-hybridized carbons (Fsp3) is 0.150. The van der Waals surface area contributed by atoms with Gasteiger partial charge < -0.3 is 4.74 Å². The first-order valence-electron chi connectivity index (χ1n) is 7.63. The zero-order valence-electron chi connectivity index (χ0n) is 12.2. The molecule has 2 heteroatoms. The molecule has 0 amide bonds. The highest BCUT2D eigenvalue weighted by Crippen LogP contribution is 2.44. The molecule has 0 saturated heterocycles. The first-order chi connectivity index (χ1) is 10.9. The maximum Gasteiger partial charge on any atom is 0.141 e. The Morgan fingerprint density at radius 1 is 0.818 bits per heavy atom. The van der Waals surface area contributed by atoms with Gasteiger partial charge in [-0.3, -0.25) is 4.98 Å². The molecule has 0 N–H and O–H groups in total.